The molecule has 1 fully saturated rings. The Balaban J connectivity index is 2.16. The van der Waals surface area contributed by atoms with Crippen LogP contribution in [0.4, 0.5) is 0 Å². The molecular formula is C61H110O9. The van der Waals surface area contributed by atoms with Gasteiger partial charge in [-0.15, -0.1) is 0 Å². The fourth-order valence-corrected chi connectivity index (χ4v) is 8.83. The minimum atomic E-state index is -1.54. The van der Waals surface area contributed by atoms with Crippen molar-refractivity contribution in [1.29, 1.82) is 0 Å². The highest BCUT2D eigenvalue weighted by Gasteiger charge is 2.44. The molecule has 9 heteroatoms. The number of allylic oxidation sites excluding steroid dienone is 10. The van der Waals surface area contributed by atoms with Gasteiger partial charge in [0, 0.05) is 13.0 Å². The molecule has 0 spiro atoms. The first-order valence-electron chi connectivity index (χ1n) is 29.4. The van der Waals surface area contributed by atoms with Crippen molar-refractivity contribution >= 4 is 5.97 Å². The topological polar surface area (TPSA) is 135 Å². The van der Waals surface area contributed by atoms with Gasteiger partial charge in [0.2, 0.25) is 0 Å². The Morgan fingerprint density at radius 2 is 0.829 bits per heavy atom. The van der Waals surface area contributed by atoms with Crippen LogP contribution in [0, 0.1) is 0 Å². The molecule has 1 heterocycles. The van der Waals surface area contributed by atoms with Crippen molar-refractivity contribution < 1.29 is 44.2 Å². The second kappa shape index (κ2) is 51.8. The lowest BCUT2D eigenvalue weighted by Crippen LogP contribution is -2.59. The first-order chi connectivity index (χ1) is 34.4. The number of hydrogen-bond donors (Lipinski definition) is 4. The van der Waals surface area contributed by atoms with E-state index in [0.29, 0.717) is 13.0 Å². The maximum absolute atomic E-state index is 12.9. The second-order valence-electron chi connectivity index (χ2n) is 20.1. The van der Waals surface area contributed by atoms with Crippen molar-refractivity contribution in [2.75, 3.05) is 26.4 Å². The standard InChI is InChI=1S/C61H110O9/c1-3-5-7-9-11-13-15-17-19-21-23-25-26-27-28-29-31-33-35-37-39-41-43-45-47-49-51-67-53-55(54-68-61-60(66)59(65)58(64)56(52-62)70-61)69-57(63)50-48-46-44-42-40-38-36-34-32-30-24-22-20-18-16-14-12-10-8-6-4-2/h15-18,21-24,26-27,55-56,58-62,64-66H,3-14,19-20,25,28-54H2,1-2H3/b17-15-,18-16-,23-21-,24-22-,27-26-. The molecule has 1 aliphatic rings. The summed E-state index contributed by atoms with van der Waals surface area (Å²) in [6.45, 7) is 4.55. The summed E-state index contributed by atoms with van der Waals surface area (Å²) in [5, 5.41) is 40.4. The maximum Gasteiger partial charge on any atom is 0.306 e. The van der Waals surface area contributed by atoms with Crippen LogP contribution in [0.25, 0.3) is 0 Å². The summed E-state index contributed by atoms with van der Waals surface area (Å²) in [7, 11) is 0. The summed E-state index contributed by atoms with van der Waals surface area (Å²) >= 11 is 0. The summed E-state index contributed by atoms with van der Waals surface area (Å²) in [5.74, 6) is -0.317. The highest BCUT2D eigenvalue weighted by Crippen LogP contribution is 2.23. The van der Waals surface area contributed by atoms with Crippen LogP contribution in [0.5, 0.6) is 0 Å². The zero-order chi connectivity index (χ0) is 50.6. The van der Waals surface area contributed by atoms with Crippen LogP contribution >= 0.6 is 0 Å². The molecular weight excluding hydrogens is 877 g/mol. The van der Waals surface area contributed by atoms with Crippen molar-refractivity contribution in [3.63, 3.8) is 0 Å². The molecule has 0 bridgehead atoms. The van der Waals surface area contributed by atoms with Crippen molar-refractivity contribution in [3.8, 4) is 0 Å². The molecule has 70 heavy (non-hydrogen) atoms. The van der Waals surface area contributed by atoms with Gasteiger partial charge in [0.25, 0.3) is 0 Å². The number of carbonyl (C=O) groups is 1. The molecule has 1 rings (SSSR count). The third kappa shape index (κ3) is 41.4. The molecule has 6 unspecified atom stereocenters. The van der Waals surface area contributed by atoms with Gasteiger partial charge in [0.15, 0.2) is 6.29 Å². The summed E-state index contributed by atoms with van der Waals surface area (Å²) in [4.78, 5) is 12.9. The summed E-state index contributed by atoms with van der Waals surface area (Å²) in [6.07, 6.45) is 61.2. The Morgan fingerprint density at radius 3 is 1.24 bits per heavy atom. The quantitative estimate of drug-likeness (QED) is 0.0267. The Bertz CT molecular complexity index is 1260. The van der Waals surface area contributed by atoms with Crippen LogP contribution in [-0.2, 0) is 23.7 Å². The van der Waals surface area contributed by atoms with Crippen molar-refractivity contribution in [2.45, 2.75) is 295 Å². The molecule has 6 atom stereocenters. The molecule has 0 aromatic heterocycles. The van der Waals surface area contributed by atoms with Gasteiger partial charge >= 0.3 is 5.97 Å². The third-order valence-corrected chi connectivity index (χ3v) is 13.4. The van der Waals surface area contributed by atoms with Gasteiger partial charge in [-0.05, 0) is 83.5 Å². The van der Waals surface area contributed by atoms with E-state index in [1.54, 1.807) is 0 Å². The lowest BCUT2D eigenvalue weighted by molar-refractivity contribution is -0.305. The lowest BCUT2D eigenvalue weighted by Gasteiger charge is -2.39. The Morgan fingerprint density at radius 1 is 0.457 bits per heavy atom. The zero-order valence-electron chi connectivity index (χ0n) is 45.3. The molecule has 408 valence electrons. The smallest absolute Gasteiger partial charge is 0.306 e. The summed E-state index contributed by atoms with van der Waals surface area (Å²) < 4.78 is 23.0. The van der Waals surface area contributed by atoms with Crippen LogP contribution < -0.4 is 0 Å². The molecule has 1 saturated heterocycles. The van der Waals surface area contributed by atoms with E-state index in [-0.39, 0.29) is 19.2 Å². The van der Waals surface area contributed by atoms with Crippen LogP contribution in [0.3, 0.4) is 0 Å². The predicted molar refractivity (Wildman–Crippen MR) is 293 cm³/mol. The molecule has 1 aliphatic heterocycles. The zero-order valence-corrected chi connectivity index (χ0v) is 45.3. The van der Waals surface area contributed by atoms with Gasteiger partial charge in [-0.3, -0.25) is 4.79 Å². The second-order valence-corrected chi connectivity index (χ2v) is 20.1. The number of unbranched alkanes of at least 4 members (excludes halogenated alkanes) is 30. The highest BCUT2D eigenvalue weighted by molar-refractivity contribution is 5.69. The fourth-order valence-electron chi connectivity index (χ4n) is 8.83. The molecule has 9 nitrogen and oxygen atoms in total. The summed E-state index contributed by atoms with van der Waals surface area (Å²) in [5.41, 5.74) is 0. The van der Waals surface area contributed by atoms with E-state index >= 15 is 0 Å². The van der Waals surface area contributed by atoms with Gasteiger partial charge in [-0.25, -0.2) is 0 Å². The van der Waals surface area contributed by atoms with E-state index in [0.717, 1.165) is 51.4 Å². The molecule has 0 aromatic carbocycles. The molecule has 0 radical (unpaired) electrons. The number of rotatable bonds is 51. The number of aliphatic hydroxyl groups is 4. The van der Waals surface area contributed by atoms with Crippen molar-refractivity contribution in [3.05, 3.63) is 60.8 Å². The Labute approximate surface area is 430 Å². The van der Waals surface area contributed by atoms with Gasteiger partial charge < -0.3 is 39.4 Å². The molecule has 0 aliphatic carbocycles. The van der Waals surface area contributed by atoms with Crippen LogP contribution in [0.1, 0.15) is 258 Å². The van der Waals surface area contributed by atoms with Gasteiger partial charge in [0.1, 0.15) is 30.5 Å². The fraction of sp³-hybridized carbons (Fsp3) is 0.820. The maximum atomic E-state index is 12.9. The number of hydrogen-bond acceptors (Lipinski definition) is 9. The Kier molecular flexibility index (Phi) is 48.7. The van der Waals surface area contributed by atoms with Crippen LogP contribution in [-0.4, -0.2) is 89.6 Å². The molecule has 0 amide bonds. The van der Waals surface area contributed by atoms with E-state index in [1.807, 2.05) is 0 Å². The summed E-state index contributed by atoms with van der Waals surface area (Å²) in [6, 6.07) is 0. The van der Waals surface area contributed by atoms with Crippen molar-refractivity contribution in [1.82, 2.24) is 0 Å². The first-order valence-corrected chi connectivity index (χ1v) is 29.4. The average Bonchev–Trinajstić information content (AvgIpc) is 3.36. The highest BCUT2D eigenvalue weighted by atomic mass is 16.7. The molecule has 0 aromatic rings. The SMILES string of the molecule is CCCCCCC/C=C\C/C=C\C/C=C\CCCCCCCCCCCCCOCC(COC1OC(CO)C(O)C(O)C1O)OC(=O)CCCCCCCCCCC/C=C\C/C=C\CCCCCCC. The van der Waals surface area contributed by atoms with E-state index in [2.05, 4.69) is 74.6 Å². The van der Waals surface area contributed by atoms with Crippen LogP contribution in [0.15, 0.2) is 60.8 Å². The monoisotopic (exact) mass is 987 g/mol. The number of carbonyl (C=O) groups excluding carboxylic acids is 1. The minimum Gasteiger partial charge on any atom is -0.457 e. The number of ether oxygens (including phenoxy) is 4. The lowest BCUT2D eigenvalue weighted by atomic mass is 9.99. The van der Waals surface area contributed by atoms with E-state index < -0.39 is 43.4 Å². The number of esters is 1. The van der Waals surface area contributed by atoms with Gasteiger partial charge in [0.05, 0.1) is 19.8 Å². The van der Waals surface area contributed by atoms with E-state index in [4.69, 9.17) is 18.9 Å². The van der Waals surface area contributed by atoms with Crippen molar-refractivity contribution in [2.24, 2.45) is 0 Å². The predicted octanol–water partition coefficient (Wildman–Crippen LogP) is 15.4. The molecule has 0 saturated carbocycles. The first kappa shape index (κ1) is 65.9. The third-order valence-electron chi connectivity index (χ3n) is 13.4. The normalized spacial score (nSPS) is 19.3. The largest absolute Gasteiger partial charge is 0.457 e. The average molecular weight is 988 g/mol. The van der Waals surface area contributed by atoms with E-state index in [1.165, 1.54) is 186 Å². The van der Waals surface area contributed by atoms with Gasteiger partial charge in [-0.2, -0.15) is 0 Å². The van der Waals surface area contributed by atoms with E-state index in [9.17, 15) is 25.2 Å². The number of aliphatic hydroxyl groups excluding tert-OH is 4. The van der Waals surface area contributed by atoms with Gasteiger partial charge in [-0.1, -0.05) is 229 Å². The molecule has 4 N–H and O–H groups in total. The Hall–Kier alpha value is -2.11. The van der Waals surface area contributed by atoms with Crippen LogP contribution in [0.2, 0.25) is 0 Å². The minimum absolute atomic E-state index is 0.117.